The molecule has 0 fully saturated rings. The summed E-state index contributed by atoms with van der Waals surface area (Å²) in [6.45, 7) is 9.75. The first-order valence-electron chi connectivity index (χ1n) is 7.72. The Labute approximate surface area is 132 Å². The Bertz CT molecular complexity index is 563. The van der Waals surface area contributed by atoms with Gasteiger partial charge in [0.15, 0.2) is 0 Å². The molecule has 0 spiro atoms. The van der Waals surface area contributed by atoms with Crippen LogP contribution in [0.3, 0.4) is 0 Å². The summed E-state index contributed by atoms with van der Waals surface area (Å²) in [5, 5.41) is 7.81. The van der Waals surface area contributed by atoms with Crippen LogP contribution in [0.4, 0.5) is 0 Å². The van der Waals surface area contributed by atoms with E-state index in [-0.39, 0.29) is 6.04 Å². The lowest BCUT2D eigenvalue weighted by atomic mass is 9.97. The summed E-state index contributed by atoms with van der Waals surface area (Å²) in [4.78, 5) is 1.23. The molecule has 0 aliphatic heterocycles. The van der Waals surface area contributed by atoms with Crippen molar-refractivity contribution in [2.75, 3.05) is 6.54 Å². The van der Waals surface area contributed by atoms with E-state index in [1.165, 1.54) is 27.5 Å². The molecule has 1 aromatic carbocycles. The Balaban J connectivity index is 2.30. The fourth-order valence-corrected chi connectivity index (χ4v) is 3.27. The zero-order chi connectivity index (χ0) is 15.2. The van der Waals surface area contributed by atoms with E-state index in [0.717, 1.165) is 25.1 Å². The Morgan fingerprint density at radius 1 is 1.29 bits per heavy atom. The number of rotatable bonds is 7. The van der Waals surface area contributed by atoms with Crippen LogP contribution in [0.25, 0.3) is 0 Å². The van der Waals surface area contributed by atoms with Crippen LogP contribution in [0.15, 0.2) is 24.3 Å². The van der Waals surface area contributed by atoms with Gasteiger partial charge in [-0.3, -0.25) is 0 Å². The van der Waals surface area contributed by atoms with Gasteiger partial charge in [-0.2, -0.15) is 0 Å². The van der Waals surface area contributed by atoms with Crippen molar-refractivity contribution < 1.29 is 0 Å². The van der Waals surface area contributed by atoms with Crippen molar-refractivity contribution in [3.05, 3.63) is 46.0 Å². The van der Waals surface area contributed by atoms with Crippen molar-refractivity contribution in [1.82, 2.24) is 14.9 Å². The maximum Gasteiger partial charge on any atom is 0.0776 e. The molecule has 1 unspecified atom stereocenters. The largest absolute Gasteiger partial charge is 0.305 e. The van der Waals surface area contributed by atoms with Gasteiger partial charge in [0.1, 0.15) is 0 Å². The molecule has 1 aromatic heterocycles. The molecule has 21 heavy (non-hydrogen) atoms. The molecular formula is C17H25N3S. The van der Waals surface area contributed by atoms with Gasteiger partial charge in [-0.05, 0) is 54.9 Å². The zero-order valence-electron chi connectivity index (χ0n) is 13.4. The molecule has 2 rings (SSSR count). The lowest BCUT2D eigenvalue weighted by Gasteiger charge is -2.19. The highest BCUT2D eigenvalue weighted by Crippen LogP contribution is 2.27. The first-order valence-corrected chi connectivity index (χ1v) is 8.50. The van der Waals surface area contributed by atoms with Gasteiger partial charge in [-0.15, -0.1) is 5.10 Å². The predicted octanol–water partition coefficient (Wildman–Crippen LogP) is 4.13. The van der Waals surface area contributed by atoms with E-state index in [1.54, 1.807) is 0 Å². The third kappa shape index (κ3) is 4.35. The van der Waals surface area contributed by atoms with E-state index in [0.29, 0.717) is 5.92 Å². The lowest BCUT2D eigenvalue weighted by Crippen LogP contribution is -2.23. The molecule has 0 radical (unpaired) electrons. The minimum atomic E-state index is 0.206. The van der Waals surface area contributed by atoms with E-state index in [2.05, 4.69) is 59.9 Å². The smallest absolute Gasteiger partial charge is 0.0776 e. The van der Waals surface area contributed by atoms with E-state index < -0.39 is 0 Å². The average molecular weight is 303 g/mol. The Hall–Kier alpha value is -1.26. The summed E-state index contributed by atoms with van der Waals surface area (Å²) in [7, 11) is 0. The van der Waals surface area contributed by atoms with Gasteiger partial charge in [0.25, 0.3) is 0 Å². The van der Waals surface area contributed by atoms with Crippen LogP contribution in [0.1, 0.15) is 54.9 Å². The fourth-order valence-electron chi connectivity index (χ4n) is 2.52. The second-order valence-electron chi connectivity index (χ2n) is 5.95. The number of aryl methyl sites for hydroxylation is 1. The number of nitrogens with one attached hydrogen (secondary N) is 1. The van der Waals surface area contributed by atoms with Gasteiger partial charge in [-0.1, -0.05) is 49.5 Å². The van der Waals surface area contributed by atoms with E-state index in [4.69, 9.17) is 0 Å². The zero-order valence-corrected chi connectivity index (χ0v) is 14.2. The molecular weight excluding hydrogens is 278 g/mol. The molecule has 0 aliphatic rings. The normalized spacial score (nSPS) is 12.8. The van der Waals surface area contributed by atoms with Crippen LogP contribution in [0.5, 0.6) is 0 Å². The van der Waals surface area contributed by atoms with Crippen molar-refractivity contribution >= 4 is 11.5 Å². The molecule has 4 heteroatoms. The number of nitrogens with zero attached hydrogens (tertiary/aromatic N) is 2. The molecule has 3 nitrogen and oxygen atoms in total. The standard InChI is InChI=1S/C17H25N3S/c1-5-9-18-16(17-13(4)19-20-21-17)15-8-6-7-14(11-15)10-12(2)3/h6-8,11-12,16,18H,5,9-10H2,1-4H3. The monoisotopic (exact) mass is 303 g/mol. The highest BCUT2D eigenvalue weighted by Gasteiger charge is 2.19. The van der Waals surface area contributed by atoms with Gasteiger partial charge < -0.3 is 5.32 Å². The molecule has 1 heterocycles. The maximum absolute atomic E-state index is 4.17. The Kier molecular flexibility index (Phi) is 5.88. The molecule has 1 N–H and O–H groups in total. The predicted molar refractivity (Wildman–Crippen MR) is 89.8 cm³/mol. The second-order valence-corrected chi connectivity index (χ2v) is 6.74. The van der Waals surface area contributed by atoms with E-state index in [1.807, 2.05) is 6.92 Å². The highest BCUT2D eigenvalue weighted by molar-refractivity contribution is 7.05. The van der Waals surface area contributed by atoms with Crippen LogP contribution < -0.4 is 5.32 Å². The van der Waals surface area contributed by atoms with Crippen LogP contribution in [0, 0.1) is 12.8 Å². The number of hydrogen-bond acceptors (Lipinski definition) is 4. The van der Waals surface area contributed by atoms with Crippen LogP contribution in [-0.4, -0.2) is 16.1 Å². The number of hydrogen-bond donors (Lipinski definition) is 1. The third-order valence-corrected chi connectivity index (χ3v) is 4.37. The maximum atomic E-state index is 4.17. The summed E-state index contributed by atoms with van der Waals surface area (Å²) in [5.74, 6) is 0.675. The van der Waals surface area contributed by atoms with Gasteiger partial charge in [0.2, 0.25) is 0 Å². The van der Waals surface area contributed by atoms with Crippen molar-refractivity contribution in [3.8, 4) is 0 Å². The summed E-state index contributed by atoms with van der Waals surface area (Å²) < 4.78 is 4.10. The average Bonchev–Trinajstić information content (AvgIpc) is 2.85. The molecule has 2 aromatic rings. The SMILES string of the molecule is CCCNC(c1cccc(CC(C)C)c1)c1snnc1C. The van der Waals surface area contributed by atoms with Crippen molar-refractivity contribution in [1.29, 1.82) is 0 Å². The summed E-state index contributed by atoms with van der Waals surface area (Å²) in [5.41, 5.74) is 3.75. The van der Waals surface area contributed by atoms with E-state index >= 15 is 0 Å². The van der Waals surface area contributed by atoms with Crippen molar-refractivity contribution in [3.63, 3.8) is 0 Å². The van der Waals surface area contributed by atoms with Crippen LogP contribution >= 0.6 is 11.5 Å². The summed E-state index contributed by atoms with van der Waals surface area (Å²) in [6.07, 6.45) is 2.24. The quantitative estimate of drug-likeness (QED) is 0.835. The fraction of sp³-hybridized carbons (Fsp3) is 0.529. The lowest BCUT2D eigenvalue weighted by molar-refractivity contribution is 0.600. The third-order valence-electron chi connectivity index (χ3n) is 3.48. The Morgan fingerprint density at radius 3 is 2.71 bits per heavy atom. The molecule has 114 valence electrons. The number of benzene rings is 1. The van der Waals surface area contributed by atoms with E-state index in [9.17, 15) is 0 Å². The second kappa shape index (κ2) is 7.66. The molecule has 1 atom stereocenters. The molecule has 0 bridgehead atoms. The van der Waals surface area contributed by atoms with Crippen LogP contribution in [0.2, 0.25) is 0 Å². The Morgan fingerprint density at radius 2 is 2.10 bits per heavy atom. The minimum absolute atomic E-state index is 0.206. The first-order chi connectivity index (χ1) is 10.1. The number of aromatic nitrogens is 2. The molecule has 0 saturated carbocycles. The summed E-state index contributed by atoms with van der Waals surface area (Å²) >= 11 is 1.50. The first kappa shape index (κ1) is 16.1. The van der Waals surface area contributed by atoms with Crippen LogP contribution in [-0.2, 0) is 6.42 Å². The van der Waals surface area contributed by atoms with Gasteiger partial charge in [0.05, 0.1) is 16.6 Å². The van der Waals surface area contributed by atoms with Gasteiger partial charge in [0, 0.05) is 0 Å². The molecule has 0 aliphatic carbocycles. The van der Waals surface area contributed by atoms with Gasteiger partial charge in [-0.25, -0.2) is 0 Å². The highest BCUT2D eigenvalue weighted by atomic mass is 32.1. The van der Waals surface area contributed by atoms with Crippen molar-refractivity contribution in [2.24, 2.45) is 5.92 Å². The molecule has 0 amide bonds. The molecule has 0 saturated heterocycles. The summed E-state index contributed by atoms with van der Waals surface area (Å²) in [6, 6.07) is 9.12. The minimum Gasteiger partial charge on any atom is -0.305 e. The van der Waals surface area contributed by atoms with Gasteiger partial charge >= 0.3 is 0 Å². The topological polar surface area (TPSA) is 37.8 Å². The van der Waals surface area contributed by atoms with Crippen molar-refractivity contribution in [2.45, 2.75) is 46.6 Å².